The number of hydrogen-bond donors (Lipinski definition) is 1. The van der Waals surface area contributed by atoms with Crippen LogP contribution in [0.25, 0.3) is 0 Å². The number of rotatable bonds is 9. The summed E-state index contributed by atoms with van der Waals surface area (Å²) in [5, 5.41) is 10.0. The van der Waals surface area contributed by atoms with Gasteiger partial charge in [-0.05, 0) is 24.1 Å². The van der Waals surface area contributed by atoms with Crippen LogP contribution < -0.4 is 4.74 Å². The smallest absolute Gasteiger partial charge is 0.342 e. The zero-order valence-corrected chi connectivity index (χ0v) is 15.3. The van der Waals surface area contributed by atoms with Crippen molar-refractivity contribution in [3.8, 4) is 11.5 Å². The minimum Gasteiger partial charge on any atom is -0.504 e. The molecular formula is C20H22O7. The number of ether oxygens (including phenoxy) is 4. The molecule has 1 N–H and O–H groups in total. The Morgan fingerprint density at radius 3 is 2.26 bits per heavy atom. The van der Waals surface area contributed by atoms with Crippen LogP contribution in [0.1, 0.15) is 26.3 Å². The molecule has 0 atom stereocenters. The standard InChI is InChI=1S/C20H22O7/c1-24-19(22)15-8-9-16(21)18(17(15)20(23)25-2)27-13-12-26-11-10-14-6-4-3-5-7-14/h3-9,21H,10-13H2,1-2H3. The van der Waals surface area contributed by atoms with E-state index in [4.69, 9.17) is 14.2 Å². The fourth-order valence-corrected chi connectivity index (χ4v) is 2.44. The number of carbonyl (C=O) groups excluding carboxylic acids is 2. The van der Waals surface area contributed by atoms with Gasteiger partial charge in [0, 0.05) is 0 Å². The highest BCUT2D eigenvalue weighted by molar-refractivity contribution is 6.05. The van der Waals surface area contributed by atoms with Gasteiger partial charge in [0.25, 0.3) is 0 Å². The molecule has 0 saturated heterocycles. The van der Waals surface area contributed by atoms with Gasteiger partial charge in [0.15, 0.2) is 11.5 Å². The molecule has 0 aliphatic rings. The topological polar surface area (TPSA) is 91.3 Å². The van der Waals surface area contributed by atoms with Gasteiger partial charge >= 0.3 is 11.9 Å². The summed E-state index contributed by atoms with van der Waals surface area (Å²) in [5.74, 6) is -1.98. The molecule has 0 heterocycles. The van der Waals surface area contributed by atoms with Gasteiger partial charge < -0.3 is 24.1 Å². The van der Waals surface area contributed by atoms with Crippen LogP contribution in [0.15, 0.2) is 42.5 Å². The Bertz CT molecular complexity index is 771. The van der Waals surface area contributed by atoms with Gasteiger partial charge in [-0.1, -0.05) is 30.3 Å². The van der Waals surface area contributed by atoms with E-state index in [1.54, 1.807) is 0 Å². The van der Waals surface area contributed by atoms with Crippen molar-refractivity contribution >= 4 is 11.9 Å². The minimum absolute atomic E-state index is 0.0536. The molecule has 0 radical (unpaired) electrons. The second kappa shape index (κ2) is 10.2. The third-order valence-electron chi connectivity index (χ3n) is 3.78. The first-order chi connectivity index (χ1) is 13.1. The predicted molar refractivity (Wildman–Crippen MR) is 97.2 cm³/mol. The van der Waals surface area contributed by atoms with Crippen molar-refractivity contribution in [2.24, 2.45) is 0 Å². The summed E-state index contributed by atoms with van der Waals surface area (Å²) >= 11 is 0. The summed E-state index contributed by atoms with van der Waals surface area (Å²) in [6.45, 7) is 0.831. The van der Waals surface area contributed by atoms with E-state index in [0.717, 1.165) is 12.0 Å². The van der Waals surface area contributed by atoms with Crippen LogP contribution in [0.4, 0.5) is 0 Å². The fraction of sp³-hybridized carbons (Fsp3) is 0.300. The molecule has 144 valence electrons. The van der Waals surface area contributed by atoms with Crippen molar-refractivity contribution in [2.75, 3.05) is 34.0 Å². The number of hydrogen-bond acceptors (Lipinski definition) is 7. The summed E-state index contributed by atoms with van der Waals surface area (Å²) in [7, 11) is 2.36. The third kappa shape index (κ3) is 5.46. The van der Waals surface area contributed by atoms with E-state index in [1.165, 1.54) is 26.4 Å². The number of phenolic OH excluding ortho intramolecular Hbond substituents is 1. The first kappa shape index (κ1) is 20.3. The number of benzene rings is 2. The molecule has 0 unspecified atom stereocenters. The average Bonchev–Trinajstić information content (AvgIpc) is 2.70. The number of aromatic hydroxyl groups is 1. The number of phenols is 1. The second-order valence-corrected chi connectivity index (χ2v) is 5.52. The molecule has 2 rings (SSSR count). The first-order valence-electron chi connectivity index (χ1n) is 8.35. The third-order valence-corrected chi connectivity index (χ3v) is 3.78. The van der Waals surface area contributed by atoms with Crippen molar-refractivity contribution in [3.05, 3.63) is 59.2 Å². The molecule has 2 aromatic carbocycles. The second-order valence-electron chi connectivity index (χ2n) is 5.52. The first-order valence-corrected chi connectivity index (χ1v) is 8.35. The molecule has 7 heteroatoms. The van der Waals surface area contributed by atoms with Crippen LogP contribution in [0.2, 0.25) is 0 Å². The zero-order valence-electron chi connectivity index (χ0n) is 15.3. The average molecular weight is 374 g/mol. The lowest BCUT2D eigenvalue weighted by Gasteiger charge is -2.14. The van der Waals surface area contributed by atoms with E-state index in [9.17, 15) is 14.7 Å². The van der Waals surface area contributed by atoms with Crippen LogP contribution in [0.3, 0.4) is 0 Å². The summed E-state index contributed by atoms with van der Waals surface area (Å²) in [4.78, 5) is 23.9. The Labute approximate surface area is 157 Å². The highest BCUT2D eigenvalue weighted by atomic mass is 16.5. The van der Waals surface area contributed by atoms with Crippen molar-refractivity contribution < 1.29 is 33.6 Å². The molecule has 27 heavy (non-hydrogen) atoms. The Morgan fingerprint density at radius 1 is 0.889 bits per heavy atom. The molecule has 2 aromatic rings. The summed E-state index contributed by atoms with van der Waals surface area (Å²) < 4.78 is 20.4. The van der Waals surface area contributed by atoms with Gasteiger partial charge in [0.2, 0.25) is 0 Å². The summed E-state index contributed by atoms with van der Waals surface area (Å²) in [6.07, 6.45) is 0.761. The van der Waals surface area contributed by atoms with E-state index in [2.05, 4.69) is 4.74 Å². The van der Waals surface area contributed by atoms with Crippen molar-refractivity contribution in [1.29, 1.82) is 0 Å². The molecule has 0 bridgehead atoms. The molecule has 0 amide bonds. The molecule has 0 aliphatic carbocycles. The molecule has 0 spiro atoms. The highest BCUT2D eigenvalue weighted by Crippen LogP contribution is 2.33. The molecular weight excluding hydrogens is 352 g/mol. The number of methoxy groups -OCH3 is 2. The zero-order chi connectivity index (χ0) is 19.6. The van der Waals surface area contributed by atoms with Crippen molar-refractivity contribution in [3.63, 3.8) is 0 Å². The Morgan fingerprint density at radius 2 is 1.59 bits per heavy atom. The van der Waals surface area contributed by atoms with E-state index >= 15 is 0 Å². The Hall–Kier alpha value is -3.06. The minimum atomic E-state index is -0.814. The predicted octanol–water partition coefficient (Wildman–Crippen LogP) is 2.60. The van der Waals surface area contributed by atoms with Crippen LogP contribution in [-0.4, -0.2) is 51.1 Å². The summed E-state index contributed by atoms with van der Waals surface area (Å²) in [5.41, 5.74) is 0.922. The van der Waals surface area contributed by atoms with Crippen LogP contribution in [0, 0.1) is 0 Å². The molecule has 0 aromatic heterocycles. The van der Waals surface area contributed by atoms with Crippen LogP contribution >= 0.6 is 0 Å². The lowest BCUT2D eigenvalue weighted by atomic mass is 10.1. The molecule has 7 nitrogen and oxygen atoms in total. The quantitative estimate of drug-likeness (QED) is 0.533. The van der Waals surface area contributed by atoms with Crippen molar-refractivity contribution in [2.45, 2.75) is 6.42 Å². The molecule has 0 saturated carbocycles. The van der Waals surface area contributed by atoms with E-state index in [0.29, 0.717) is 6.61 Å². The fourth-order valence-electron chi connectivity index (χ4n) is 2.44. The SMILES string of the molecule is COC(=O)c1ccc(O)c(OCCOCCc2ccccc2)c1C(=O)OC. The lowest BCUT2D eigenvalue weighted by molar-refractivity contribution is 0.0546. The normalized spacial score (nSPS) is 10.3. The Balaban J connectivity index is 1.98. The number of esters is 2. The largest absolute Gasteiger partial charge is 0.504 e. The monoisotopic (exact) mass is 374 g/mol. The van der Waals surface area contributed by atoms with E-state index < -0.39 is 11.9 Å². The maximum atomic E-state index is 12.1. The van der Waals surface area contributed by atoms with Crippen LogP contribution in [0.5, 0.6) is 11.5 Å². The van der Waals surface area contributed by atoms with Gasteiger partial charge in [0.05, 0.1) is 33.0 Å². The van der Waals surface area contributed by atoms with Gasteiger partial charge in [0.1, 0.15) is 12.2 Å². The van der Waals surface area contributed by atoms with Crippen LogP contribution in [-0.2, 0) is 20.6 Å². The van der Waals surface area contributed by atoms with Gasteiger partial charge in [-0.3, -0.25) is 0 Å². The Kier molecular flexibility index (Phi) is 7.63. The van der Waals surface area contributed by atoms with Gasteiger partial charge in [-0.2, -0.15) is 0 Å². The highest BCUT2D eigenvalue weighted by Gasteiger charge is 2.26. The van der Waals surface area contributed by atoms with Crippen molar-refractivity contribution in [1.82, 2.24) is 0 Å². The van der Waals surface area contributed by atoms with E-state index in [-0.39, 0.29) is 35.8 Å². The lowest BCUT2D eigenvalue weighted by Crippen LogP contribution is -2.16. The molecule has 0 aliphatic heterocycles. The maximum Gasteiger partial charge on any atom is 0.342 e. The molecule has 0 fully saturated rings. The summed E-state index contributed by atoms with van der Waals surface area (Å²) in [6, 6.07) is 12.4. The van der Waals surface area contributed by atoms with Gasteiger partial charge in [-0.25, -0.2) is 9.59 Å². The maximum absolute atomic E-state index is 12.1. The van der Waals surface area contributed by atoms with E-state index in [1.807, 2.05) is 30.3 Å². The number of carbonyl (C=O) groups is 2. The van der Waals surface area contributed by atoms with Gasteiger partial charge in [-0.15, -0.1) is 0 Å².